The van der Waals surface area contributed by atoms with Crippen molar-refractivity contribution in [2.24, 2.45) is 0 Å². The molecule has 0 spiro atoms. The van der Waals surface area contributed by atoms with Gasteiger partial charge in [-0.2, -0.15) is 4.98 Å². The lowest BCUT2D eigenvalue weighted by Crippen LogP contribution is -2.22. The Hall–Kier alpha value is -1.72. The van der Waals surface area contributed by atoms with Gasteiger partial charge in [0.1, 0.15) is 0 Å². The van der Waals surface area contributed by atoms with E-state index in [4.69, 9.17) is 4.52 Å². The Kier molecular flexibility index (Phi) is 4.08. The van der Waals surface area contributed by atoms with E-state index in [-0.39, 0.29) is 12.6 Å². The van der Waals surface area contributed by atoms with E-state index in [2.05, 4.69) is 27.6 Å². The van der Waals surface area contributed by atoms with E-state index in [1.54, 1.807) is 0 Å². The van der Waals surface area contributed by atoms with Crippen LogP contribution in [0.4, 0.5) is 0 Å². The molecular weight excluding hydrogens is 254 g/mol. The summed E-state index contributed by atoms with van der Waals surface area (Å²) in [4.78, 5) is 4.40. The summed E-state index contributed by atoms with van der Waals surface area (Å²) in [5.41, 5.74) is 1.16. The number of benzene rings is 1. The quantitative estimate of drug-likeness (QED) is 0.809. The second kappa shape index (κ2) is 6.15. The summed E-state index contributed by atoms with van der Waals surface area (Å²) in [5.74, 6) is 1.96. The van der Waals surface area contributed by atoms with Crippen molar-refractivity contribution in [3.63, 3.8) is 0 Å². The maximum Gasteiger partial charge on any atom is 0.240 e. The number of nitrogens with one attached hydrogen (secondary N) is 1. The number of aliphatic hydroxyl groups is 1. The van der Waals surface area contributed by atoms with Crippen molar-refractivity contribution in [3.8, 4) is 0 Å². The summed E-state index contributed by atoms with van der Waals surface area (Å²) in [5, 5.41) is 16.6. The highest BCUT2D eigenvalue weighted by atomic mass is 16.5. The smallest absolute Gasteiger partial charge is 0.240 e. The summed E-state index contributed by atoms with van der Waals surface area (Å²) in [6.45, 7) is 0.670. The number of hydrogen-bond acceptors (Lipinski definition) is 5. The van der Waals surface area contributed by atoms with E-state index in [1.165, 1.54) is 12.8 Å². The molecule has 1 aromatic carbocycles. The largest absolute Gasteiger partial charge is 0.396 e. The van der Waals surface area contributed by atoms with Crippen LogP contribution in [-0.4, -0.2) is 21.9 Å². The number of hydrogen-bond donors (Lipinski definition) is 2. The first-order valence-electron chi connectivity index (χ1n) is 7.08. The molecule has 1 heterocycles. The van der Waals surface area contributed by atoms with Gasteiger partial charge < -0.3 is 14.9 Å². The molecule has 0 amide bonds. The monoisotopic (exact) mass is 273 g/mol. The lowest BCUT2D eigenvalue weighted by molar-refractivity contribution is 0.261. The molecule has 5 nitrogen and oxygen atoms in total. The van der Waals surface area contributed by atoms with Crippen molar-refractivity contribution in [3.05, 3.63) is 47.6 Å². The molecule has 2 N–H and O–H groups in total. The standard InChI is InChI=1S/C15H19N3O2/c19-9-8-13(11-4-2-1-3-5-11)16-10-14-17-15(18-20-14)12-6-7-12/h1-5,12-13,16,19H,6-10H2. The number of rotatable bonds is 7. The summed E-state index contributed by atoms with van der Waals surface area (Å²) >= 11 is 0. The van der Waals surface area contributed by atoms with Gasteiger partial charge in [-0.3, -0.25) is 0 Å². The van der Waals surface area contributed by atoms with Crippen molar-refractivity contribution >= 4 is 0 Å². The number of aromatic nitrogens is 2. The maximum atomic E-state index is 9.19. The Bertz CT molecular complexity index is 537. The molecule has 1 saturated carbocycles. The molecule has 20 heavy (non-hydrogen) atoms. The highest BCUT2D eigenvalue weighted by Gasteiger charge is 2.28. The van der Waals surface area contributed by atoms with E-state index in [0.29, 0.717) is 24.8 Å². The van der Waals surface area contributed by atoms with Gasteiger partial charge in [-0.05, 0) is 24.8 Å². The fourth-order valence-electron chi connectivity index (χ4n) is 2.26. The number of aliphatic hydroxyl groups excluding tert-OH is 1. The van der Waals surface area contributed by atoms with Gasteiger partial charge >= 0.3 is 0 Å². The van der Waals surface area contributed by atoms with Crippen LogP contribution in [0, 0.1) is 0 Å². The zero-order valence-corrected chi connectivity index (χ0v) is 11.3. The average molecular weight is 273 g/mol. The predicted molar refractivity (Wildman–Crippen MR) is 74.0 cm³/mol. The highest BCUT2D eigenvalue weighted by molar-refractivity contribution is 5.18. The molecule has 1 unspecified atom stereocenters. The minimum atomic E-state index is 0.0949. The third-order valence-corrected chi connectivity index (χ3v) is 3.55. The predicted octanol–water partition coefficient (Wildman–Crippen LogP) is 2.16. The first-order chi connectivity index (χ1) is 9.86. The highest BCUT2D eigenvalue weighted by Crippen LogP contribution is 2.38. The Morgan fingerprint density at radius 1 is 1.30 bits per heavy atom. The molecule has 0 radical (unpaired) electrons. The first kappa shape index (κ1) is 13.3. The van der Waals surface area contributed by atoms with Crippen molar-refractivity contribution in [2.45, 2.75) is 37.8 Å². The lowest BCUT2D eigenvalue weighted by Gasteiger charge is -2.16. The van der Waals surface area contributed by atoms with Gasteiger partial charge in [-0.1, -0.05) is 35.5 Å². The van der Waals surface area contributed by atoms with Crippen LogP contribution in [0.2, 0.25) is 0 Å². The third kappa shape index (κ3) is 3.23. The number of nitrogens with zero attached hydrogens (tertiary/aromatic N) is 2. The molecule has 5 heteroatoms. The molecule has 0 saturated heterocycles. The summed E-state index contributed by atoms with van der Waals surface area (Å²) < 4.78 is 5.24. The van der Waals surface area contributed by atoms with E-state index in [1.807, 2.05) is 18.2 Å². The molecule has 1 aromatic heterocycles. The van der Waals surface area contributed by atoms with E-state index < -0.39 is 0 Å². The summed E-state index contributed by atoms with van der Waals surface area (Å²) in [7, 11) is 0. The van der Waals surface area contributed by atoms with Gasteiger partial charge in [-0.15, -0.1) is 0 Å². The topological polar surface area (TPSA) is 71.2 Å². The molecule has 106 valence electrons. The van der Waals surface area contributed by atoms with Gasteiger partial charge in [0.2, 0.25) is 5.89 Å². The molecule has 1 fully saturated rings. The fourth-order valence-corrected chi connectivity index (χ4v) is 2.26. The molecule has 0 bridgehead atoms. The van der Waals surface area contributed by atoms with Crippen LogP contribution in [0.3, 0.4) is 0 Å². The minimum Gasteiger partial charge on any atom is -0.396 e. The van der Waals surface area contributed by atoms with Crippen LogP contribution in [0.1, 0.15) is 48.5 Å². The molecule has 2 aromatic rings. The zero-order valence-electron chi connectivity index (χ0n) is 11.3. The van der Waals surface area contributed by atoms with E-state index >= 15 is 0 Å². The van der Waals surface area contributed by atoms with Crippen LogP contribution in [-0.2, 0) is 6.54 Å². The van der Waals surface area contributed by atoms with Gasteiger partial charge in [-0.25, -0.2) is 0 Å². The summed E-state index contributed by atoms with van der Waals surface area (Å²) in [6, 6.07) is 10.2. The minimum absolute atomic E-state index is 0.0949. The van der Waals surface area contributed by atoms with Gasteiger partial charge in [0, 0.05) is 18.6 Å². The second-order valence-corrected chi connectivity index (χ2v) is 5.18. The Morgan fingerprint density at radius 2 is 2.10 bits per heavy atom. The van der Waals surface area contributed by atoms with E-state index in [0.717, 1.165) is 11.4 Å². The normalized spacial score (nSPS) is 16.2. The average Bonchev–Trinajstić information content (AvgIpc) is 3.24. The van der Waals surface area contributed by atoms with Crippen LogP contribution >= 0.6 is 0 Å². The van der Waals surface area contributed by atoms with Gasteiger partial charge in [0.25, 0.3) is 0 Å². The molecule has 3 rings (SSSR count). The SMILES string of the molecule is OCCC(NCc1nc(C2CC2)no1)c1ccccc1. The maximum absolute atomic E-state index is 9.19. The third-order valence-electron chi connectivity index (χ3n) is 3.55. The molecule has 1 atom stereocenters. The lowest BCUT2D eigenvalue weighted by atomic mass is 10.0. The molecule has 1 aliphatic rings. The second-order valence-electron chi connectivity index (χ2n) is 5.18. The van der Waals surface area contributed by atoms with Crippen molar-refractivity contribution in [1.82, 2.24) is 15.5 Å². The zero-order chi connectivity index (χ0) is 13.8. The Labute approximate surface area is 118 Å². The van der Waals surface area contributed by atoms with Crippen LogP contribution in [0.25, 0.3) is 0 Å². The van der Waals surface area contributed by atoms with Crippen LogP contribution < -0.4 is 5.32 Å². The van der Waals surface area contributed by atoms with E-state index in [9.17, 15) is 5.11 Å². The van der Waals surface area contributed by atoms with Crippen molar-refractivity contribution < 1.29 is 9.63 Å². The van der Waals surface area contributed by atoms with Crippen LogP contribution in [0.5, 0.6) is 0 Å². The molecular formula is C15H19N3O2. The van der Waals surface area contributed by atoms with Gasteiger partial charge in [0.15, 0.2) is 5.82 Å². The molecule has 1 aliphatic carbocycles. The first-order valence-corrected chi connectivity index (χ1v) is 7.08. The van der Waals surface area contributed by atoms with Crippen LogP contribution in [0.15, 0.2) is 34.9 Å². The Balaban J connectivity index is 1.61. The molecule has 0 aliphatic heterocycles. The van der Waals surface area contributed by atoms with Crippen molar-refractivity contribution in [2.75, 3.05) is 6.61 Å². The van der Waals surface area contributed by atoms with Gasteiger partial charge in [0.05, 0.1) is 6.54 Å². The fraction of sp³-hybridized carbons (Fsp3) is 0.467. The summed E-state index contributed by atoms with van der Waals surface area (Å²) in [6.07, 6.45) is 3.00. The van der Waals surface area contributed by atoms with Crippen molar-refractivity contribution in [1.29, 1.82) is 0 Å². The Morgan fingerprint density at radius 3 is 2.80 bits per heavy atom.